The lowest BCUT2D eigenvalue weighted by Crippen LogP contribution is -2.51. The van der Waals surface area contributed by atoms with E-state index >= 15 is 0 Å². The van der Waals surface area contributed by atoms with Gasteiger partial charge in [-0.1, -0.05) is 0 Å². The first-order valence-electron chi connectivity index (χ1n) is 2.98. The number of nitrogens with one attached hydrogen (secondary N) is 1. The highest BCUT2D eigenvalue weighted by molar-refractivity contribution is 5.86. The minimum absolute atomic E-state index is 0.536. The molecule has 0 saturated heterocycles. The molecule has 0 rings (SSSR count). The molecule has 5 N–H and O–H groups in total. The Hall–Kier alpha value is -1.79. The number of primary amides is 2. The summed E-state index contributed by atoms with van der Waals surface area (Å²) in [7, 11) is 0. The molecule has 0 saturated carbocycles. The van der Waals surface area contributed by atoms with Gasteiger partial charge in [0.25, 0.3) is 0 Å². The van der Waals surface area contributed by atoms with E-state index in [4.69, 9.17) is 0 Å². The van der Waals surface area contributed by atoms with E-state index in [0.717, 1.165) is 0 Å². The van der Waals surface area contributed by atoms with Crippen molar-refractivity contribution in [2.75, 3.05) is 0 Å². The second-order valence-electron chi connectivity index (χ2n) is 2.05. The molecule has 0 radical (unpaired) electrons. The number of hydrogen-bond donors (Lipinski definition) is 3. The molecule has 0 aliphatic carbocycles. The maximum atomic E-state index is 10.2. The molecule has 0 unspecified atom stereocenters. The van der Waals surface area contributed by atoms with E-state index in [1.165, 1.54) is 0 Å². The van der Waals surface area contributed by atoms with Gasteiger partial charge >= 0.3 is 6.03 Å². The standard InChI is InChI=1S/C5H9N3O4/c6-3(9)1-2(4(10)11)8-5(7)12/h2H,1H2,(H2,6,9)(H,10,11)(H3,7,8,12)/p-1/t2-/m1/s1. The smallest absolute Gasteiger partial charge is 0.312 e. The van der Waals surface area contributed by atoms with Crippen molar-refractivity contribution in [3.63, 3.8) is 0 Å². The van der Waals surface area contributed by atoms with Crippen molar-refractivity contribution in [1.29, 1.82) is 0 Å². The zero-order chi connectivity index (χ0) is 9.72. The van der Waals surface area contributed by atoms with Crippen LogP contribution in [0, 0.1) is 0 Å². The zero-order valence-corrected chi connectivity index (χ0v) is 6.07. The quantitative estimate of drug-likeness (QED) is 0.409. The van der Waals surface area contributed by atoms with Crippen molar-refractivity contribution >= 4 is 17.9 Å². The maximum absolute atomic E-state index is 10.2. The molecule has 0 aliphatic rings. The lowest BCUT2D eigenvalue weighted by molar-refractivity contribution is -0.308. The van der Waals surface area contributed by atoms with Crippen molar-refractivity contribution in [2.45, 2.75) is 12.5 Å². The predicted molar refractivity (Wildman–Crippen MR) is 35.3 cm³/mol. The number of carbonyl (C=O) groups excluding carboxylic acids is 3. The topological polar surface area (TPSA) is 138 Å². The Kier molecular flexibility index (Phi) is 3.54. The van der Waals surface area contributed by atoms with Gasteiger partial charge in [-0.05, 0) is 0 Å². The fraction of sp³-hybridized carbons (Fsp3) is 0.400. The van der Waals surface area contributed by atoms with Gasteiger partial charge < -0.3 is 26.7 Å². The van der Waals surface area contributed by atoms with Gasteiger partial charge in [-0.2, -0.15) is 0 Å². The lowest BCUT2D eigenvalue weighted by Gasteiger charge is -2.15. The van der Waals surface area contributed by atoms with E-state index < -0.39 is 30.4 Å². The van der Waals surface area contributed by atoms with Crippen molar-refractivity contribution < 1.29 is 19.5 Å². The first-order valence-corrected chi connectivity index (χ1v) is 2.98. The minimum Gasteiger partial charge on any atom is -0.548 e. The highest BCUT2D eigenvalue weighted by Gasteiger charge is 2.13. The molecular formula is C5H8N3O4-. The van der Waals surface area contributed by atoms with Crippen molar-refractivity contribution in [2.24, 2.45) is 11.5 Å². The Balaban J connectivity index is 4.14. The number of urea groups is 1. The molecule has 1 atom stereocenters. The zero-order valence-electron chi connectivity index (χ0n) is 6.07. The van der Waals surface area contributed by atoms with E-state index in [0.29, 0.717) is 0 Å². The molecule has 0 heterocycles. The third-order valence-corrected chi connectivity index (χ3v) is 1.01. The third kappa shape index (κ3) is 4.09. The summed E-state index contributed by atoms with van der Waals surface area (Å²) in [5.74, 6) is -2.47. The van der Waals surface area contributed by atoms with Gasteiger partial charge in [-0.15, -0.1) is 0 Å². The number of carboxylic acids is 1. The molecule has 0 aromatic heterocycles. The van der Waals surface area contributed by atoms with Gasteiger partial charge in [0.1, 0.15) is 0 Å². The lowest BCUT2D eigenvalue weighted by atomic mass is 10.2. The van der Waals surface area contributed by atoms with Crippen molar-refractivity contribution in [3.05, 3.63) is 0 Å². The summed E-state index contributed by atoms with van der Waals surface area (Å²) in [6.45, 7) is 0. The van der Waals surface area contributed by atoms with Crippen LogP contribution < -0.4 is 21.9 Å². The third-order valence-electron chi connectivity index (χ3n) is 1.01. The molecule has 0 bridgehead atoms. The van der Waals surface area contributed by atoms with Crippen LogP contribution >= 0.6 is 0 Å². The monoisotopic (exact) mass is 174 g/mol. The van der Waals surface area contributed by atoms with Gasteiger partial charge in [-0.25, -0.2) is 4.79 Å². The number of amides is 3. The second kappa shape index (κ2) is 4.16. The highest BCUT2D eigenvalue weighted by atomic mass is 16.4. The van der Waals surface area contributed by atoms with Crippen LogP contribution in [-0.2, 0) is 9.59 Å². The molecule has 0 aromatic rings. The molecular weight excluding hydrogens is 166 g/mol. The molecule has 7 heteroatoms. The summed E-state index contributed by atoms with van der Waals surface area (Å²) < 4.78 is 0. The van der Waals surface area contributed by atoms with Crippen LogP contribution in [0.4, 0.5) is 4.79 Å². The molecule has 12 heavy (non-hydrogen) atoms. The van der Waals surface area contributed by atoms with E-state index in [1.54, 1.807) is 5.32 Å². The Morgan fingerprint density at radius 2 is 1.83 bits per heavy atom. The number of hydrogen-bond acceptors (Lipinski definition) is 4. The number of carbonyl (C=O) groups is 3. The maximum Gasteiger partial charge on any atom is 0.312 e. The Bertz CT molecular complexity index is 199. The molecule has 7 nitrogen and oxygen atoms in total. The number of carboxylic acid groups (broad SMARTS) is 1. The first-order chi connectivity index (χ1) is 5.43. The predicted octanol–water partition coefficient (Wildman–Crippen LogP) is -3.35. The van der Waals surface area contributed by atoms with E-state index in [-0.39, 0.29) is 0 Å². The molecule has 0 aliphatic heterocycles. The largest absolute Gasteiger partial charge is 0.548 e. The number of aliphatic carboxylic acids is 1. The van der Waals surface area contributed by atoms with Crippen LogP contribution in [0.2, 0.25) is 0 Å². The minimum atomic E-state index is -1.60. The molecule has 0 aromatic carbocycles. The van der Waals surface area contributed by atoms with Gasteiger partial charge in [0, 0.05) is 0 Å². The van der Waals surface area contributed by atoms with Gasteiger partial charge in [0.2, 0.25) is 5.91 Å². The Morgan fingerprint density at radius 1 is 1.33 bits per heavy atom. The molecule has 3 amide bonds. The van der Waals surface area contributed by atoms with Gasteiger partial charge in [-0.3, -0.25) is 4.79 Å². The summed E-state index contributed by atoms with van der Waals surface area (Å²) in [4.78, 5) is 30.6. The van der Waals surface area contributed by atoms with Crippen LogP contribution in [0.15, 0.2) is 0 Å². The molecule has 0 fully saturated rings. The summed E-state index contributed by atoms with van der Waals surface area (Å²) in [5.41, 5.74) is 9.30. The van der Waals surface area contributed by atoms with Crippen molar-refractivity contribution in [1.82, 2.24) is 5.32 Å². The average Bonchev–Trinajstić information content (AvgIpc) is 1.83. The average molecular weight is 174 g/mol. The normalized spacial score (nSPS) is 11.7. The number of nitrogens with two attached hydrogens (primary N) is 2. The van der Waals surface area contributed by atoms with Crippen LogP contribution in [0.5, 0.6) is 0 Å². The summed E-state index contributed by atoms with van der Waals surface area (Å²) in [5, 5.41) is 12.0. The highest BCUT2D eigenvalue weighted by Crippen LogP contribution is 1.88. The Morgan fingerprint density at radius 3 is 2.08 bits per heavy atom. The van der Waals surface area contributed by atoms with E-state index in [1.807, 2.05) is 0 Å². The van der Waals surface area contributed by atoms with Crippen molar-refractivity contribution in [3.8, 4) is 0 Å². The van der Waals surface area contributed by atoms with Gasteiger partial charge in [0.05, 0.1) is 18.4 Å². The van der Waals surface area contributed by atoms with Crippen LogP contribution in [-0.4, -0.2) is 23.9 Å². The molecule has 0 spiro atoms. The van der Waals surface area contributed by atoms with E-state index in [2.05, 4.69) is 11.5 Å². The fourth-order valence-corrected chi connectivity index (χ4v) is 0.566. The fourth-order valence-electron chi connectivity index (χ4n) is 0.566. The van der Waals surface area contributed by atoms with E-state index in [9.17, 15) is 19.5 Å². The second-order valence-corrected chi connectivity index (χ2v) is 2.05. The molecule has 68 valence electrons. The summed E-state index contributed by atoms with van der Waals surface area (Å²) in [6, 6.07) is -2.51. The summed E-state index contributed by atoms with van der Waals surface area (Å²) >= 11 is 0. The van der Waals surface area contributed by atoms with Gasteiger partial charge in [0.15, 0.2) is 0 Å². The SMILES string of the molecule is NC(=O)C[C@@H](NC(N)=O)C(=O)[O-]. The van der Waals surface area contributed by atoms with Crippen LogP contribution in [0.3, 0.4) is 0 Å². The first kappa shape index (κ1) is 10.2. The Labute approximate surface area is 67.7 Å². The summed E-state index contributed by atoms with van der Waals surface area (Å²) in [6.07, 6.45) is -0.536. The van der Waals surface area contributed by atoms with Crippen LogP contribution in [0.25, 0.3) is 0 Å². The number of rotatable bonds is 4. The van der Waals surface area contributed by atoms with Crippen LogP contribution in [0.1, 0.15) is 6.42 Å².